The van der Waals surface area contributed by atoms with Crippen LogP contribution in [0.4, 0.5) is 0 Å². The average molecular weight is 411 g/mol. The Balaban J connectivity index is 2.31. The average Bonchev–Trinajstić information content (AvgIpc) is 2.96. The third-order valence-electron chi connectivity index (χ3n) is 4.09. The summed E-state index contributed by atoms with van der Waals surface area (Å²) < 4.78 is 26.6. The van der Waals surface area contributed by atoms with Gasteiger partial charge in [-0.25, -0.2) is 4.79 Å². The van der Waals surface area contributed by atoms with Crippen LogP contribution in [-0.4, -0.2) is 66.5 Å². The van der Waals surface area contributed by atoms with Crippen molar-refractivity contribution in [3.8, 4) is 0 Å². The van der Waals surface area contributed by atoms with Crippen molar-refractivity contribution in [1.29, 1.82) is 0 Å². The lowest BCUT2D eigenvalue weighted by Gasteiger charge is -2.30. The first kappa shape index (κ1) is 22.4. The minimum absolute atomic E-state index is 0.201. The molecule has 0 aromatic heterocycles. The Kier molecular flexibility index (Phi) is 7.77. The molecule has 0 saturated carbocycles. The lowest BCUT2D eigenvalue weighted by molar-refractivity contribution is -0.166. The van der Waals surface area contributed by atoms with Crippen LogP contribution in [0, 0.1) is 0 Å². The molecule has 0 aromatic rings. The minimum Gasteiger partial charge on any atom is -0.463 e. The molecule has 2 aliphatic heterocycles. The summed E-state index contributed by atoms with van der Waals surface area (Å²) in [5.41, 5.74) is 0.381. The summed E-state index contributed by atoms with van der Waals surface area (Å²) in [5.74, 6) is -2.23. The van der Waals surface area contributed by atoms with Crippen molar-refractivity contribution in [1.82, 2.24) is 4.90 Å². The van der Waals surface area contributed by atoms with Crippen molar-refractivity contribution in [3.05, 3.63) is 24.0 Å². The standard InChI is InChI=1S/C19H25NO9/c1-5-25-19(24)14-7-6-8-20(9-14)18-17(28-13(4)23)16(27-12(3)22)15(29-18)10-26-11(2)21/h6,8-9,15-18H,5,7,10H2,1-4H3. The molecule has 0 amide bonds. The zero-order valence-corrected chi connectivity index (χ0v) is 16.8. The molecule has 0 spiro atoms. The summed E-state index contributed by atoms with van der Waals surface area (Å²) in [4.78, 5) is 48.0. The minimum atomic E-state index is -1.01. The molecule has 2 rings (SSSR count). The highest BCUT2D eigenvalue weighted by molar-refractivity contribution is 5.88. The van der Waals surface area contributed by atoms with Crippen LogP contribution in [0.15, 0.2) is 24.0 Å². The lowest BCUT2D eigenvalue weighted by atomic mass is 10.1. The van der Waals surface area contributed by atoms with Gasteiger partial charge in [0.05, 0.1) is 12.2 Å². The smallest absolute Gasteiger partial charge is 0.335 e. The molecule has 0 bridgehead atoms. The van der Waals surface area contributed by atoms with Crippen LogP contribution in [0.1, 0.15) is 34.1 Å². The normalized spacial score (nSPS) is 25.8. The van der Waals surface area contributed by atoms with E-state index in [4.69, 9.17) is 23.7 Å². The van der Waals surface area contributed by atoms with Crippen molar-refractivity contribution >= 4 is 23.9 Å². The van der Waals surface area contributed by atoms with Gasteiger partial charge in [0.2, 0.25) is 0 Å². The molecule has 1 saturated heterocycles. The summed E-state index contributed by atoms with van der Waals surface area (Å²) in [6, 6.07) is 0. The molecule has 10 heteroatoms. The number of esters is 4. The van der Waals surface area contributed by atoms with Crippen molar-refractivity contribution in [2.75, 3.05) is 13.2 Å². The SMILES string of the molecule is CCOC(=O)C1=CN(C2OC(COC(C)=O)C(OC(C)=O)C2OC(C)=O)C=CC1. The molecule has 0 aromatic carbocycles. The Labute approximate surface area is 168 Å². The number of allylic oxidation sites excluding steroid dienone is 1. The van der Waals surface area contributed by atoms with Gasteiger partial charge in [0.25, 0.3) is 0 Å². The molecule has 160 valence electrons. The Hall–Kier alpha value is -2.88. The fourth-order valence-electron chi connectivity index (χ4n) is 3.03. The molecular formula is C19H25NO9. The number of ether oxygens (including phenoxy) is 5. The molecule has 0 radical (unpaired) electrons. The van der Waals surface area contributed by atoms with Gasteiger partial charge in [0.15, 0.2) is 18.4 Å². The quantitative estimate of drug-likeness (QED) is 0.440. The molecule has 2 heterocycles. The van der Waals surface area contributed by atoms with Gasteiger partial charge in [-0.05, 0) is 6.92 Å². The van der Waals surface area contributed by atoms with Gasteiger partial charge in [0, 0.05) is 39.6 Å². The molecule has 1 fully saturated rings. The number of nitrogens with zero attached hydrogens (tertiary/aromatic N) is 1. The van der Waals surface area contributed by atoms with E-state index in [0.29, 0.717) is 12.0 Å². The van der Waals surface area contributed by atoms with Crippen molar-refractivity contribution in [2.45, 2.75) is 58.7 Å². The second-order valence-electron chi connectivity index (χ2n) is 6.43. The third kappa shape index (κ3) is 6.05. The number of carbonyl (C=O) groups is 4. The Morgan fingerprint density at radius 1 is 1.03 bits per heavy atom. The molecule has 4 unspecified atom stereocenters. The predicted octanol–water partition coefficient (Wildman–Crippen LogP) is 0.804. The Bertz CT molecular complexity index is 714. The first-order valence-electron chi connectivity index (χ1n) is 9.18. The van der Waals surface area contributed by atoms with E-state index < -0.39 is 48.4 Å². The zero-order chi connectivity index (χ0) is 21.6. The van der Waals surface area contributed by atoms with E-state index in [9.17, 15) is 19.2 Å². The Morgan fingerprint density at radius 3 is 2.28 bits per heavy atom. The predicted molar refractivity (Wildman–Crippen MR) is 96.7 cm³/mol. The van der Waals surface area contributed by atoms with Gasteiger partial charge in [0.1, 0.15) is 12.7 Å². The molecule has 0 N–H and O–H groups in total. The second-order valence-corrected chi connectivity index (χ2v) is 6.43. The highest BCUT2D eigenvalue weighted by atomic mass is 16.7. The van der Waals surface area contributed by atoms with Gasteiger partial charge in [-0.2, -0.15) is 0 Å². The summed E-state index contributed by atoms with van der Waals surface area (Å²) in [5, 5.41) is 0. The van der Waals surface area contributed by atoms with Gasteiger partial charge in [-0.15, -0.1) is 0 Å². The van der Waals surface area contributed by atoms with Crippen molar-refractivity contribution in [3.63, 3.8) is 0 Å². The zero-order valence-electron chi connectivity index (χ0n) is 16.8. The van der Waals surface area contributed by atoms with Crippen LogP contribution < -0.4 is 0 Å². The number of hydrogen-bond donors (Lipinski definition) is 0. The topological polar surface area (TPSA) is 118 Å². The van der Waals surface area contributed by atoms with E-state index in [1.807, 2.05) is 0 Å². The number of carbonyl (C=O) groups excluding carboxylic acids is 4. The molecular weight excluding hydrogens is 386 g/mol. The second kappa shape index (κ2) is 10.1. The third-order valence-corrected chi connectivity index (χ3v) is 4.09. The first-order chi connectivity index (χ1) is 13.7. The largest absolute Gasteiger partial charge is 0.463 e. The fraction of sp³-hybridized carbons (Fsp3) is 0.579. The van der Waals surface area contributed by atoms with Gasteiger partial charge in [-0.3, -0.25) is 14.4 Å². The van der Waals surface area contributed by atoms with Crippen LogP contribution in [0.2, 0.25) is 0 Å². The van der Waals surface area contributed by atoms with Crippen LogP contribution in [0.5, 0.6) is 0 Å². The molecule has 29 heavy (non-hydrogen) atoms. The molecule has 4 atom stereocenters. The highest BCUT2D eigenvalue weighted by Crippen LogP contribution is 2.32. The molecule has 0 aliphatic carbocycles. The van der Waals surface area contributed by atoms with Crippen LogP contribution in [0.3, 0.4) is 0 Å². The van der Waals surface area contributed by atoms with E-state index in [1.165, 1.54) is 31.9 Å². The Morgan fingerprint density at radius 2 is 1.69 bits per heavy atom. The van der Waals surface area contributed by atoms with E-state index >= 15 is 0 Å². The summed E-state index contributed by atoms with van der Waals surface area (Å²) in [6.45, 7) is 5.39. The fourth-order valence-corrected chi connectivity index (χ4v) is 3.03. The van der Waals surface area contributed by atoms with Gasteiger partial charge in [-0.1, -0.05) is 6.08 Å². The number of hydrogen-bond acceptors (Lipinski definition) is 10. The summed E-state index contributed by atoms with van der Waals surface area (Å²) in [6.07, 6.45) is 1.47. The molecule has 2 aliphatic rings. The summed E-state index contributed by atoms with van der Waals surface area (Å²) in [7, 11) is 0. The van der Waals surface area contributed by atoms with E-state index in [-0.39, 0.29) is 13.2 Å². The van der Waals surface area contributed by atoms with E-state index in [1.54, 1.807) is 19.2 Å². The highest BCUT2D eigenvalue weighted by Gasteiger charge is 2.51. The van der Waals surface area contributed by atoms with E-state index in [2.05, 4.69) is 0 Å². The monoisotopic (exact) mass is 411 g/mol. The number of rotatable bonds is 7. The maximum atomic E-state index is 12.1. The lowest BCUT2D eigenvalue weighted by Crippen LogP contribution is -2.44. The van der Waals surface area contributed by atoms with Crippen LogP contribution in [-0.2, 0) is 42.9 Å². The van der Waals surface area contributed by atoms with E-state index in [0.717, 1.165) is 0 Å². The van der Waals surface area contributed by atoms with Crippen LogP contribution >= 0.6 is 0 Å². The van der Waals surface area contributed by atoms with Crippen molar-refractivity contribution in [2.24, 2.45) is 0 Å². The maximum Gasteiger partial charge on any atom is 0.335 e. The maximum absolute atomic E-state index is 12.1. The van der Waals surface area contributed by atoms with Crippen molar-refractivity contribution < 1.29 is 42.9 Å². The van der Waals surface area contributed by atoms with Crippen LogP contribution in [0.25, 0.3) is 0 Å². The molecule has 10 nitrogen and oxygen atoms in total. The van der Waals surface area contributed by atoms with Gasteiger partial charge >= 0.3 is 23.9 Å². The first-order valence-corrected chi connectivity index (χ1v) is 9.18. The summed E-state index contributed by atoms with van der Waals surface area (Å²) >= 11 is 0. The van der Waals surface area contributed by atoms with Gasteiger partial charge < -0.3 is 28.6 Å².